The maximum Gasteiger partial charge on any atom is 0.281 e. The summed E-state index contributed by atoms with van der Waals surface area (Å²) in [7, 11) is 1.60. The minimum Gasteiger partial charge on any atom is -0.383 e. The van der Waals surface area contributed by atoms with Gasteiger partial charge in [-0.25, -0.2) is 0 Å². The van der Waals surface area contributed by atoms with Gasteiger partial charge in [0.25, 0.3) is 5.91 Å². The lowest BCUT2D eigenvalue weighted by Gasteiger charge is -2.15. The Hall–Kier alpha value is -3.49. The van der Waals surface area contributed by atoms with Crippen LogP contribution in [0, 0.1) is 13.8 Å². The Labute approximate surface area is 210 Å². The molecule has 0 radical (unpaired) electrons. The molecular formula is C27H30N4O3S. The number of carbonyl (C=O) groups is 2. The summed E-state index contributed by atoms with van der Waals surface area (Å²) in [6, 6.07) is 11.9. The second-order valence-electron chi connectivity index (χ2n) is 8.62. The number of methoxy groups -OCH3 is 1. The molecule has 0 saturated carbocycles. The Balaban J connectivity index is 1.70. The molecule has 0 spiro atoms. The van der Waals surface area contributed by atoms with Crippen LogP contribution in [0.2, 0.25) is 0 Å². The number of aromatic nitrogens is 1. The van der Waals surface area contributed by atoms with Crippen LogP contribution in [0.1, 0.15) is 29.2 Å². The summed E-state index contributed by atoms with van der Waals surface area (Å²) in [5.41, 5.74) is 6.36. The first-order valence-corrected chi connectivity index (χ1v) is 12.1. The Morgan fingerprint density at radius 2 is 2.00 bits per heavy atom. The number of fused-ring (bicyclic) bond motifs is 1. The van der Waals surface area contributed by atoms with Gasteiger partial charge in [0.2, 0.25) is 5.91 Å². The minimum atomic E-state index is -0.205. The first kappa shape index (κ1) is 24.6. The highest BCUT2D eigenvalue weighted by Crippen LogP contribution is 2.29. The molecule has 1 fully saturated rings. The third-order valence-corrected chi connectivity index (χ3v) is 6.55. The van der Waals surface area contributed by atoms with Crippen LogP contribution in [-0.2, 0) is 27.3 Å². The number of nitrogens with one attached hydrogen (secondary N) is 2. The normalized spacial score (nSPS) is 14.7. The number of amides is 2. The number of carbonyl (C=O) groups excluding carboxylic acids is 2. The van der Waals surface area contributed by atoms with Crippen molar-refractivity contribution in [1.29, 1.82) is 0 Å². The van der Waals surface area contributed by atoms with Crippen molar-refractivity contribution in [3.05, 3.63) is 70.5 Å². The number of aryl methyl sites for hydroxylation is 3. The van der Waals surface area contributed by atoms with Crippen LogP contribution in [0.25, 0.3) is 17.0 Å². The van der Waals surface area contributed by atoms with Gasteiger partial charge >= 0.3 is 0 Å². The third kappa shape index (κ3) is 4.99. The number of thiocarbonyl (C=S) groups is 1. The van der Waals surface area contributed by atoms with E-state index in [1.54, 1.807) is 7.11 Å². The number of anilines is 1. The number of ether oxygens (including phenoxy) is 1. The SMILES string of the molecule is CCc1cccc2c(/C=C3/NC(=S)N(c4ccc(C)c(C)c4)C3=O)cn(CC(=O)NCCOC)c12. The molecule has 2 amide bonds. The molecule has 7 nitrogen and oxygen atoms in total. The molecule has 2 heterocycles. The maximum atomic E-state index is 13.3. The van der Waals surface area contributed by atoms with Crippen LogP contribution in [0.15, 0.2) is 48.3 Å². The van der Waals surface area contributed by atoms with Crippen LogP contribution >= 0.6 is 12.2 Å². The molecule has 4 rings (SSSR count). The number of nitrogens with zero attached hydrogens (tertiary/aromatic N) is 2. The van der Waals surface area contributed by atoms with Gasteiger partial charge in [-0.05, 0) is 67.4 Å². The highest BCUT2D eigenvalue weighted by molar-refractivity contribution is 7.80. The zero-order valence-corrected chi connectivity index (χ0v) is 21.3. The number of hydrogen-bond donors (Lipinski definition) is 2. The van der Waals surface area contributed by atoms with Crippen molar-refractivity contribution in [2.75, 3.05) is 25.2 Å². The smallest absolute Gasteiger partial charge is 0.281 e. The van der Waals surface area contributed by atoms with Gasteiger partial charge in [0.05, 0.1) is 17.8 Å². The molecule has 35 heavy (non-hydrogen) atoms. The van der Waals surface area contributed by atoms with Gasteiger partial charge in [0.1, 0.15) is 12.2 Å². The maximum absolute atomic E-state index is 13.3. The van der Waals surface area contributed by atoms with Crippen LogP contribution in [-0.4, -0.2) is 41.8 Å². The van der Waals surface area contributed by atoms with E-state index in [2.05, 4.69) is 23.6 Å². The highest BCUT2D eigenvalue weighted by atomic mass is 32.1. The number of rotatable bonds is 8. The van der Waals surface area contributed by atoms with Crippen molar-refractivity contribution >= 4 is 51.8 Å². The minimum absolute atomic E-state index is 0.0961. The number of para-hydroxylation sites is 1. The lowest BCUT2D eigenvalue weighted by atomic mass is 10.1. The molecule has 182 valence electrons. The van der Waals surface area contributed by atoms with E-state index in [4.69, 9.17) is 17.0 Å². The third-order valence-electron chi connectivity index (χ3n) is 6.26. The summed E-state index contributed by atoms with van der Waals surface area (Å²) < 4.78 is 6.96. The monoisotopic (exact) mass is 490 g/mol. The summed E-state index contributed by atoms with van der Waals surface area (Å²) in [6.45, 7) is 7.22. The molecule has 1 aromatic heterocycles. The van der Waals surface area contributed by atoms with Crippen molar-refractivity contribution in [3.8, 4) is 0 Å². The zero-order chi connectivity index (χ0) is 25.1. The van der Waals surface area contributed by atoms with Crippen molar-refractivity contribution in [3.63, 3.8) is 0 Å². The van der Waals surface area contributed by atoms with Gasteiger partial charge in [-0.3, -0.25) is 14.5 Å². The fourth-order valence-electron chi connectivity index (χ4n) is 4.28. The van der Waals surface area contributed by atoms with E-state index in [9.17, 15) is 9.59 Å². The van der Waals surface area contributed by atoms with E-state index in [0.29, 0.717) is 24.0 Å². The van der Waals surface area contributed by atoms with Crippen molar-refractivity contribution in [2.24, 2.45) is 0 Å². The lowest BCUT2D eigenvalue weighted by Crippen LogP contribution is -2.30. The standard InChI is InChI=1S/C27H30N4O3S/c1-5-19-7-6-8-22-20(15-30(25(19)22)16-24(32)28-11-12-34-4)14-23-26(33)31(27(35)29-23)21-10-9-17(2)18(3)13-21/h6-10,13-15H,5,11-12,16H2,1-4H3,(H,28,32)(H,29,35)/b23-14+. The second-order valence-corrected chi connectivity index (χ2v) is 9.01. The Kier molecular flexibility index (Phi) is 7.33. The van der Waals surface area contributed by atoms with E-state index < -0.39 is 0 Å². The summed E-state index contributed by atoms with van der Waals surface area (Å²) in [5, 5.41) is 7.28. The second kappa shape index (κ2) is 10.4. The largest absolute Gasteiger partial charge is 0.383 e. The van der Waals surface area contributed by atoms with Crippen LogP contribution in [0.3, 0.4) is 0 Å². The first-order chi connectivity index (χ1) is 16.8. The number of hydrogen-bond acceptors (Lipinski definition) is 4. The first-order valence-electron chi connectivity index (χ1n) is 11.6. The molecule has 2 N–H and O–H groups in total. The molecule has 2 aromatic carbocycles. The fourth-order valence-corrected chi connectivity index (χ4v) is 4.58. The van der Waals surface area contributed by atoms with Gasteiger partial charge in [-0.15, -0.1) is 0 Å². The lowest BCUT2D eigenvalue weighted by molar-refractivity contribution is -0.121. The van der Waals surface area contributed by atoms with Gasteiger partial charge < -0.3 is 19.9 Å². The van der Waals surface area contributed by atoms with Crippen molar-refractivity contribution in [2.45, 2.75) is 33.7 Å². The molecule has 0 aliphatic carbocycles. The van der Waals surface area contributed by atoms with E-state index in [-0.39, 0.29) is 18.4 Å². The van der Waals surface area contributed by atoms with Crippen LogP contribution < -0.4 is 15.5 Å². The molecule has 0 atom stereocenters. The van der Waals surface area contributed by atoms with Gasteiger partial charge in [-0.1, -0.05) is 31.2 Å². The fraction of sp³-hybridized carbons (Fsp3) is 0.296. The average Bonchev–Trinajstić information content (AvgIpc) is 3.32. The average molecular weight is 491 g/mol. The summed E-state index contributed by atoms with van der Waals surface area (Å²) in [6.07, 6.45) is 4.56. The predicted octanol–water partition coefficient (Wildman–Crippen LogP) is 3.85. The van der Waals surface area contributed by atoms with Gasteiger partial charge in [-0.2, -0.15) is 0 Å². The molecule has 1 saturated heterocycles. The molecule has 1 aliphatic heterocycles. The van der Waals surface area contributed by atoms with Gasteiger partial charge in [0, 0.05) is 30.8 Å². The molecule has 0 unspecified atom stereocenters. The summed E-state index contributed by atoms with van der Waals surface area (Å²) >= 11 is 5.50. The Morgan fingerprint density at radius 3 is 2.71 bits per heavy atom. The Morgan fingerprint density at radius 1 is 1.20 bits per heavy atom. The zero-order valence-electron chi connectivity index (χ0n) is 20.5. The van der Waals surface area contributed by atoms with E-state index in [1.807, 2.05) is 61.0 Å². The topological polar surface area (TPSA) is 75.6 Å². The van der Waals surface area contributed by atoms with Gasteiger partial charge in [0.15, 0.2) is 5.11 Å². The quantitative estimate of drug-likeness (QED) is 0.285. The van der Waals surface area contributed by atoms with Crippen molar-refractivity contribution < 1.29 is 14.3 Å². The highest BCUT2D eigenvalue weighted by Gasteiger charge is 2.32. The molecular weight excluding hydrogens is 460 g/mol. The van der Waals surface area contributed by atoms with Crippen molar-refractivity contribution in [1.82, 2.24) is 15.2 Å². The van der Waals surface area contributed by atoms with Crippen LogP contribution in [0.4, 0.5) is 5.69 Å². The Bertz CT molecular complexity index is 1340. The summed E-state index contributed by atoms with van der Waals surface area (Å²) in [5.74, 6) is -0.302. The molecule has 3 aromatic rings. The molecule has 1 aliphatic rings. The predicted molar refractivity (Wildman–Crippen MR) is 143 cm³/mol. The number of benzene rings is 2. The molecule has 8 heteroatoms. The molecule has 0 bridgehead atoms. The van der Waals surface area contributed by atoms with E-state index >= 15 is 0 Å². The van der Waals surface area contributed by atoms with E-state index in [0.717, 1.165) is 45.3 Å². The van der Waals surface area contributed by atoms with Crippen LogP contribution in [0.5, 0.6) is 0 Å². The summed E-state index contributed by atoms with van der Waals surface area (Å²) in [4.78, 5) is 27.4. The van der Waals surface area contributed by atoms with E-state index in [1.165, 1.54) is 4.90 Å².